The zero-order valence-electron chi connectivity index (χ0n) is 13.9. The molecule has 0 aliphatic heterocycles. The second-order valence-electron chi connectivity index (χ2n) is 7.03. The maximum absolute atomic E-state index is 6.20. The highest BCUT2D eigenvalue weighted by Crippen LogP contribution is 2.36. The number of H-pyrrole nitrogens is 1. The van der Waals surface area contributed by atoms with Crippen LogP contribution in [0.2, 0.25) is 5.02 Å². The zero-order chi connectivity index (χ0) is 15.5. The quantitative estimate of drug-likeness (QED) is 0.623. The molecule has 0 amide bonds. The Hall–Kier alpha value is -0.950. The molecule has 1 nitrogen and oxygen atoms in total. The van der Waals surface area contributed by atoms with Gasteiger partial charge in [-0.25, -0.2) is 0 Å². The van der Waals surface area contributed by atoms with Crippen LogP contribution in [0.15, 0.2) is 18.2 Å². The minimum Gasteiger partial charge on any atom is -0.358 e. The Bertz CT molecular complexity index is 628. The summed E-state index contributed by atoms with van der Waals surface area (Å²) in [5, 5.41) is 2.21. The molecule has 2 atom stereocenters. The lowest BCUT2D eigenvalue weighted by Gasteiger charge is -2.26. The second-order valence-corrected chi connectivity index (χ2v) is 7.47. The molecule has 1 aliphatic carbocycles. The van der Waals surface area contributed by atoms with E-state index in [1.807, 2.05) is 6.07 Å². The molecule has 0 saturated carbocycles. The lowest BCUT2D eigenvalue weighted by atomic mass is 9.79. The van der Waals surface area contributed by atoms with Gasteiger partial charge in [0.05, 0.1) is 0 Å². The molecule has 2 unspecified atom stereocenters. The standard InChI is InChI=1S/C20H28ClN/c1-3-5-6-14(4-2)11-15-7-9-19-17(12-15)18-13-16(21)8-10-20(18)22-19/h8,10,13-15,22H,3-7,9,11-12H2,1-2H3. The summed E-state index contributed by atoms with van der Waals surface area (Å²) in [6.07, 6.45) is 10.7. The molecule has 3 rings (SSSR count). The van der Waals surface area contributed by atoms with Crippen LogP contribution in [0, 0.1) is 11.8 Å². The number of aryl methyl sites for hydroxylation is 1. The molecule has 120 valence electrons. The van der Waals surface area contributed by atoms with Crippen molar-refractivity contribution in [2.24, 2.45) is 11.8 Å². The number of hydrogen-bond acceptors (Lipinski definition) is 0. The number of aromatic amines is 1. The highest BCUT2D eigenvalue weighted by Gasteiger charge is 2.24. The number of benzene rings is 1. The van der Waals surface area contributed by atoms with Gasteiger partial charge in [-0.15, -0.1) is 0 Å². The molecule has 2 aromatic rings. The van der Waals surface area contributed by atoms with Gasteiger partial charge in [-0.3, -0.25) is 0 Å². The topological polar surface area (TPSA) is 15.8 Å². The highest BCUT2D eigenvalue weighted by molar-refractivity contribution is 6.31. The largest absolute Gasteiger partial charge is 0.358 e. The molecule has 0 fully saturated rings. The highest BCUT2D eigenvalue weighted by atomic mass is 35.5. The predicted octanol–water partition coefficient (Wildman–Crippen LogP) is 6.53. The lowest BCUT2D eigenvalue weighted by molar-refractivity contribution is 0.313. The fourth-order valence-electron chi connectivity index (χ4n) is 4.12. The Kier molecular flexibility index (Phi) is 5.13. The van der Waals surface area contributed by atoms with E-state index < -0.39 is 0 Å². The Morgan fingerprint density at radius 2 is 2.18 bits per heavy atom. The minimum absolute atomic E-state index is 0.853. The van der Waals surface area contributed by atoms with E-state index in [0.29, 0.717) is 0 Å². The lowest BCUT2D eigenvalue weighted by Crippen LogP contribution is -2.17. The Morgan fingerprint density at radius 1 is 1.32 bits per heavy atom. The normalized spacial score (nSPS) is 19.3. The van der Waals surface area contributed by atoms with Crippen molar-refractivity contribution in [2.45, 2.75) is 65.2 Å². The molecule has 0 spiro atoms. The molecular formula is C20H28ClN. The van der Waals surface area contributed by atoms with E-state index in [2.05, 4.69) is 31.0 Å². The minimum atomic E-state index is 0.853. The van der Waals surface area contributed by atoms with Crippen LogP contribution in [0.1, 0.15) is 63.6 Å². The molecule has 1 aromatic heterocycles. The van der Waals surface area contributed by atoms with E-state index in [0.717, 1.165) is 16.9 Å². The second kappa shape index (κ2) is 7.08. The molecule has 0 saturated heterocycles. The molecule has 0 bridgehead atoms. The van der Waals surface area contributed by atoms with Crippen molar-refractivity contribution >= 4 is 22.5 Å². The molecule has 2 heteroatoms. The molecule has 1 heterocycles. The van der Waals surface area contributed by atoms with Gasteiger partial charge in [0.1, 0.15) is 0 Å². The van der Waals surface area contributed by atoms with E-state index in [1.165, 1.54) is 68.0 Å². The van der Waals surface area contributed by atoms with Crippen LogP contribution in [-0.4, -0.2) is 4.98 Å². The maximum atomic E-state index is 6.20. The Balaban J connectivity index is 1.75. The first kappa shape index (κ1) is 15.9. The van der Waals surface area contributed by atoms with Gasteiger partial charge in [0.15, 0.2) is 0 Å². The summed E-state index contributed by atoms with van der Waals surface area (Å²) in [5.41, 5.74) is 4.25. The van der Waals surface area contributed by atoms with Crippen molar-refractivity contribution in [3.63, 3.8) is 0 Å². The van der Waals surface area contributed by atoms with Crippen LogP contribution in [0.3, 0.4) is 0 Å². The van der Waals surface area contributed by atoms with Gasteiger partial charge in [-0.05, 0) is 61.3 Å². The number of fused-ring (bicyclic) bond motifs is 3. The number of nitrogens with one attached hydrogen (secondary N) is 1. The van der Waals surface area contributed by atoms with Crippen LogP contribution in [-0.2, 0) is 12.8 Å². The molecule has 0 radical (unpaired) electrons. The van der Waals surface area contributed by atoms with Gasteiger partial charge in [0.2, 0.25) is 0 Å². The first-order chi connectivity index (χ1) is 10.7. The van der Waals surface area contributed by atoms with Gasteiger partial charge in [0.25, 0.3) is 0 Å². The van der Waals surface area contributed by atoms with E-state index >= 15 is 0 Å². The summed E-state index contributed by atoms with van der Waals surface area (Å²) in [6.45, 7) is 4.66. The predicted molar refractivity (Wildman–Crippen MR) is 96.7 cm³/mol. The van der Waals surface area contributed by atoms with Gasteiger partial charge in [-0.2, -0.15) is 0 Å². The van der Waals surface area contributed by atoms with Crippen LogP contribution < -0.4 is 0 Å². The third-order valence-corrected chi connectivity index (χ3v) is 5.70. The Labute approximate surface area is 139 Å². The summed E-state index contributed by atoms with van der Waals surface area (Å²) >= 11 is 6.20. The van der Waals surface area contributed by atoms with Gasteiger partial charge >= 0.3 is 0 Å². The fraction of sp³-hybridized carbons (Fsp3) is 0.600. The summed E-state index contributed by atoms with van der Waals surface area (Å²) in [4.78, 5) is 3.61. The van der Waals surface area contributed by atoms with E-state index in [9.17, 15) is 0 Å². The monoisotopic (exact) mass is 317 g/mol. The Morgan fingerprint density at radius 3 is 2.95 bits per heavy atom. The van der Waals surface area contributed by atoms with Crippen molar-refractivity contribution in [1.82, 2.24) is 4.98 Å². The number of unbranched alkanes of at least 4 members (excludes halogenated alkanes) is 1. The van der Waals surface area contributed by atoms with Gasteiger partial charge < -0.3 is 4.98 Å². The summed E-state index contributed by atoms with van der Waals surface area (Å²) in [6, 6.07) is 6.26. The van der Waals surface area contributed by atoms with Crippen LogP contribution in [0.4, 0.5) is 0 Å². The SMILES string of the molecule is CCCCC(CC)CC1CCc2[nH]c3ccc(Cl)cc3c2C1. The molecular weight excluding hydrogens is 290 g/mol. The van der Waals surface area contributed by atoms with Gasteiger partial charge in [0, 0.05) is 21.6 Å². The van der Waals surface area contributed by atoms with Crippen LogP contribution in [0.5, 0.6) is 0 Å². The third kappa shape index (κ3) is 3.35. The summed E-state index contributed by atoms with van der Waals surface area (Å²) < 4.78 is 0. The summed E-state index contributed by atoms with van der Waals surface area (Å²) in [7, 11) is 0. The number of hydrogen-bond donors (Lipinski definition) is 1. The number of aromatic nitrogens is 1. The van der Waals surface area contributed by atoms with E-state index in [-0.39, 0.29) is 0 Å². The molecule has 1 aliphatic rings. The third-order valence-electron chi connectivity index (χ3n) is 5.46. The van der Waals surface area contributed by atoms with Crippen LogP contribution >= 0.6 is 11.6 Å². The summed E-state index contributed by atoms with van der Waals surface area (Å²) in [5.74, 6) is 1.77. The van der Waals surface area contributed by atoms with Crippen molar-refractivity contribution in [3.05, 3.63) is 34.5 Å². The first-order valence-electron chi connectivity index (χ1n) is 9.00. The van der Waals surface area contributed by atoms with Gasteiger partial charge in [-0.1, -0.05) is 51.1 Å². The molecule has 1 N–H and O–H groups in total. The van der Waals surface area contributed by atoms with Crippen molar-refractivity contribution in [1.29, 1.82) is 0 Å². The average molecular weight is 318 g/mol. The molecule has 1 aromatic carbocycles. The van der Waals surface area contributed by atoms with Crippen LogP contribution in [0.25, 0.3) is 10.9 Å². The first-order valence-corrected chi connectivity index (χ1v) is 9.38. The fourth-order valence-corrected chi connectivity index (χ4v) is 4.29. The molecule has 22 heavy (non-hydrogen) atoms. The van der Waals surface area contributed by atoms with E-state index in [4.69, 9.17) is 11.6 Å². The van der Waals surface area contributed by atoms with Crippen molar-refractivity contribution in [3.8, 4) is 0 Å². The van der Waals surface area contributed by atoms with Crippen molar-refractivity contribution < 1.29 is 0 Å². The number of halogens is 1. The number of rotatable bonds is 6. The maximum Gasteiger partial charge on any atom is 0.0460 e. The van der Waals surface area contributed by atoms with E-state index in [1.54, 1.807) is 5.56 Å². The zero-order valence-corrected chi connectivity index (χ0v) is 14.7. The smallest absolute Gasteiger partial charge is 0.0460 e. The average Bonchev–Trinajstić information content (AvgIpc) is 2.88. The van der Waals surface area contributed by atoms with Crippen molar-refractivity contribution in [2.75, 3.05) is 0 Å².